The maximum Gasteiger partial charge on any atom is 0.315 e. The number of carbonyl (C=O) groups is 1. The maximum absolute atomic E-state index is 11.2. The van der Waals surface area contributed by atoms with Gasteiger partial charge in [-0.25, -0.2) is 4.99 Å². The summed E-state index contributed by atoms with van der Waals surface area (Å²) >= 11 is 0. The largest absolute Gasteiger partial charge is 0.407 e. The van der Waals surface area contributed by atoms with Gasteiger partial charge in [0.1, 0.15) is 0 Å². The normalized spacial score (nSPS) is 25.5. The Labute approximate surface area is 83.5 Å². The zero-order chi connectivity index (χ0) is 10.4. The van der Waals surface area contributed by atoms with Crippen molar-refractivity contribution in [2.45, 2.75) is 13.8 Å². The minimum Gasteiger partial charge on any atom is -0.407 e. The summed E-state index contributed by atoms with van der Waals surface area (Å²) < 4.78 is 5.03. The lowest BCUT2D eigenvalue weighted by Gasteiger charge is -2.05. The molecule has 0 amide bonds. The van der Waals surface area contributed by atoms with Gasteiger partial charge in [0.25, 0.3) is 0 Å². The van der Waals surface area contributed by atoms with Crippen LogP contribution in [0, 0.1) is 5.92 Å². The number of esters is 1. The van der Waals surface area contributed by atoms with Gasteiger partial charge in [-0.05, 0) is 6.08 Å². The molecule has 1 aliphatic rings. The third kappa shape index (κ3) is 3.39. The van der Waals surface area contributed by atoms with E-state index in [1.165, 1.54) is 0 Å². The molecule has 0 unspecified atom stereocenters. The molecule has 0 bridgehead atoms. The fourth-order valence-electron chi connectivity index (χ4n) is 0.757. The van der Waals surface area contributed by atoms with Crippen LogP contribution in [-0.4, -0.2) is 12.2 Å². The van der Waals surface area contributed by atoms with Crippen molar-refractivity contribution in [2.24, 2.45) is 10.9 Å². The molecule has 0 saturated heterocycles. The van der Waals surface area contributed by atoms with E-state index < -0.39 is 0 Å². The van der Waals surface area contributed by atoms with Gasteiger partial charge in [0.15, 0.2) is 0 Å². The van der Waals surface area contributed by atoms with E-state index in [1.54, 1.807) is 38.3 Å². The zero-order valence-electron chi connectivity index (χ0n) is 8.31. The predicted molar refractivity (Wildman–Crippen MR) is 55.8 cm³/mol. The first-order chi connectivity index (χ1) is 6.70. The summed E-state index contributed by atoms with van der Waals surface area (Å²) in [6, 6.07) is 0. The minimum atomic E-state index is -0.272. The van der Waals surface area contributed by atoms with Crippen LogP contribution in [0.3, 0.4) is 0 Å². The molecule has 0 fully saturated rings. The lowest BCUT2D eigenvalue weighted by molar-refractivity contribution is -0.143. The molecule has 0 atom stereocenters. The molecule has 0 aromatic rings. The molecule has 1 rings (SSSR count). The molecule has 14 heavy (non-hydrogen) atoms. The number of hydrogen-bond donors (Lipinski definition) is 0. The van der Waals surface area contributed by atoms with Crippen LogP contribution in [0.5, 0.6) is 0 Å². The number of rotatable bonds is 2. The number of nitrogens with zero attached hydrogens (tertiary/aromatic N) is 1. The van der Waals surface area contributed by atoms with Gasteiger partial charge in [0.2, 0.25) is 5.88 Å². The number of aliphatic imine (C=N–C) groups is 1. The summed E-state index contributed by atoms with van der Waals surface area (Å²) in [4.78, 5) is 15.2. The van der Waals surface area contributed by atoms with Gasteiger partial charge in [-0.3, -0.25) is 4.79 Å². The van der Waals surface area contributed by atoms with Crippen molar-refractivity contribution in [2.75, 3.05) is 0 Å². The Kier molecular flexibility index (Phi) is 3.85. The van der Waals surface area contributed by atoms with E-state index >= 15 is 0 Å². The van der Waals surface area contributed by atoms with Crippen LogP contribution in [0.2, 0.25) is 0 Å². The van der Waals surface area contributed by atoms with Crippen LogP contribution in [0.1, 0.15) is 13.8 Å². The molecule has 0 aromatic heterocycles. The van der Waals surface area contributed by atoms with Gasteiger partial charge in [-0.1, -0.05) is 32.1 Å². The Morgan fingerprint density at radius 3 is 2.71 bits per heavy atom. The topological polar surface area (TPSA) is 38.7 Å². The third-order valence-corrected chi connectivity index (χ3v) is 1.54. The predicted octanol–water partition coefficient (Wildman–Crippen LogP) is 2.22. The Morgan fingerprint density at radius 2 is 2.00 bits per heavy atom. The van der Waals surface area contributed by atoms with Crippen molar-refractivity contribution in [3.05, 3.63) is 36.3 Å². The molecule has 0 aliphatic carbocycles. The maximum atomic E-state index is 11.2. The van der Waals surface area contributed by atoms with Gasteiger partial charge >= 0.3 is 5.97 Å². The van der Waals surface area contributed by atoms with Crippen LogP contribution >= 0.6 is 0 Å². The van der Waals surface area contributed by atoms with Gasteiger partial charge < -0.3 is 4.74 Å². The second-order valence-electron chi connectivity index (χ2n) is 3.13. The number of ether oxygens (including phenoxy) is 1. The summed E-state index contributed by atoms with van der Waals surface area (Å²) in [5.41, 5.74) is 0. The minimum absolute atomic E-state index is 0.143. The van der Waals surface area contributed by atoms with Crippen LogP contribution < -0.4 is 0 Å². The lowest BCUT2D eigenvalue weighted by atomic mass is 10.2. The lowest BCUT2D eigenvalue weighted by Crippen LogP contribution is -2.10. The Balaban J connectivity index is 2.64. The fraction of sp³-hybridized carbons (Fsp3) is 0.273. The highest BCUT2D eigenvalue weighted by Crippen LogP contribution is 2.06. The van der Waals surface area contributed by atoms with Crippen LogP contribution in [-0.2, 0) is 9.53 Å². The Morgan fingerprint density at radius 1 is 1.29 bits per heavy atom. The molecule has 0 saturated carbocycles. The van der Waals surface area contributed by atoms with Gasteiger partial charge in [-0.15, -0.1) is 0 Å². The average molecular weight is 191 g/mol. The summed E-state index contributed by atoms with van der Waals surface area (Å²) in [5.74, 6) is -0.0910. The van der Waals surface area contributed by atoms with E-state index in [1.807, 2.05) is 12.2 Å². The highest BCUT2D eigenvalue weighted by Gasteiger charge is 2.10. The van der Waals surface area contributed by atoms with Crippen LogP contribution in [0.4, 0.5) is 0 Å². The van der Waals surface area contributed by atoms with Crippen LogP contribution in [0.15, 0.2) is 41.3 Å². The quantitative estimate of drug-likeness (QED) is 0.628. The molecular formula is C11H13NO2. The molecule has 0 radical (unpaired) electrons. The first-order valence-electron chi connectivity index (χ1n) is 4.49. The average Bonchev–Trinajstić information content (AvgIpc) is 2.08. The number of carbonyl (C=O) groups excluding carboxylic acids is 1. The first kappa shape index (κ1) is 10.4. The third-order valence-electron chi connectivity index (χ3n) is 1.54. The van der Waals surface area contributed by atoms with Gasteiger partial charge in [0.05, 0.1) is 5.92 Å². The Hall–Kier alpha value is -1.64. The smallest absolute Gasteiger partial charge is 0.315 e. The summed E-state index contributed by atoms with van der Waals surface area (Å²) in [6.07, 6.45) is 10.5. The van der Waals surface area contributed by atoms with Crippen molar-refractivity contribution >= 4 is 12.2 Å². The molecule has 0 spiro atoms. The molecule has 1 heterocycles. The SMILES string of the molecule is CC(C)C(=O)OC1=C/C=C\C=C/C=N\1. The van der Waals surface area contributed by atoms with Crippen molar-refractivity contribution in [3.63, 3.8) is 0 Å². The molecule has 74 valence electrons. The van der Waals surface area contributed by atoms with E-state index in [0.29, 0.717) is 5.88 Å². The van der Waals surface area contributed by atoms with Crippen LogP contribution in [0.25, 0.3) is 0 Å². The number of allylic oxidation sites excluding steroid dienone is 5. The molecule has 3 nitrogen and oxygen atoms in total. The van der Waals surface area contributed by atoms with E-state index in [-0.39, 0.29) is 11.9 Å². The second-order valence-corrected chi connectivity index (χ2v) is 3.13. The fourth-order valence-corrected chi connectivity index (χ4v) is 0.757. The van der Waals surface area contributed by atoms with Crippen molar-refractivity contribution in [3.8, 4) is 0 Å². The molecule has 0 N–H and O–H groups in total. The highest BCUT2D eigenvalue weighted by atomic mass is 16.5. The van der Waals surface area contributed by atoms with Gasteiger partial charge in [-0.2, -0.15) is 0 Å². The number of hydrogen-bond acceptors (Lipinski definition) is 3. The van der Waals surface area contributed by atoms with Crippen molar-refractivity contribution in [1.82, 2.24) is 0 Å². The van der Waals surface area contributed by atoms with Gasteiger partial charge in [0, 0.05) is 12.3 Å². The summed E-state index contributed by atoms with van der Waals surface area (Å²) in [6.45, 7) is 3.57. The monoisotopic (exact) mass is 191 g/mol. The summed E-state index contributed by atoms with van der Waals surface area (Å²) in [5, 5.41) is 0. The van der Waals surface area contributed by atoms with E-state index in [9.17, 15) is 4.79 Å². The van der Waals surface area contributed by atoms with E-state index in [0.717, 1.165) is 0 Å². The molecule has 0 aromatic carbocycles. The molecule has 3 heteroatoms. The zero-order valence-corrected chi connectivity index (χ0v) is 8.31. The van der Waals surface area contributed by atoms with Crippen molar-refractivity contribution in [1.29, 1.82) is 0 Å². The standard InChI is InChI=1S/C11H13NO2/c1-9(2)11(13)14-10-7-5-3-4-6-8-12-10/h3-9H,1-2H3/b4-3?,5-3-,6-4-,7-5?,8-6?,10-7+,12-8-,12-10?. The van der Waals surface area contributed by atoms with E-state index in [4.69, 9.17) is 4.74 Å². The molecular weight excluding hydrogens is 178 g/mol. The van der Waals surface area contributed by atoms with Crippen molar-refractivity contribution < 1.29 is 9.53 Å². The first-order valence-corrected chi connectivity index (χ1v) is 4.49. The Bertz CT molecular complexity index is 322. The second kappa shape index (κ2) is 5.17. The van der Waals surface area contributed by atoms with E-state index in [2.05, 4.69) is 4.99 Å². The summed E-state index contributed by atoms with van der Waals surface area (Å²) in [7, 11) is 0. The molecule has 1 aliphatic heterocycles. The highest BCUT2D eigenvalue weighted by molar-refractivity contribution is 5.75.